The summed E-state index contributed by atoms with van der Waals surface area (Å²) >= 11 is 0. The van der Waals surface area contributed by atoms with Crippen LogP contribution < -0.4 is 0 Å². The predicted octanol–water partition coefficient (Wildman–Crippen LogP) is 0.679. The molecule has 0 unspecified atom stereocenters. The second-order valence-corrected chi connectivity index (χ2v) is 5.94. The minimum absolute atomic E-state index is 0.00802. The van der Waals surface area contributed by atoms with Gasteiger partial charge in [-0.2, -0.15) is 5.10 Å². The van der Waals surface area contributed by atoms with Crippen LogP contribution in [0.25, 0.3) is 0 Å². The molecule has 1 amide bonds. The van der Waals surface area contributed by atoms with Gasteiger partial charge in [0.15, 0.2) is 0 Å². The number of halogens is 1. The van der Waals surface area contributed by atoms with Gasteiger partial charge in [-0.05, 0) is 13.8 Å². The zero-order chi connectivity index (χ0) is 13.1. The molecule has 0 atom stereocenters. The first-order valence-corrected chi connectivity index (χ1v) is 7.44. The Balaban J connectivity index is 2.77. The van der Waals surface area contributed by atoms with E-state index in [1.165, 1.54) is 10.9 Å². The van der Waals surface area contributed by atoms with Gasteiger partial charge in [-0.3, -0.25) is 9.48 Å². The van der Waals surface area contributed by atoms with Gasteiger partial charge in [0, 0.05) is 30.0 Å². The fourth-order valence-corrected chi connectivity index (χ4v) is 2.03. The first-order valence-electron chi connectivity index (χ1n) is 5.13. The third-order valence-electron chi connectivity index (χ3n) is 2.30. The summed E-state index contributed by atoms with van der Waals surface area (Å²) in [6, 6.07) is 0. The Labute approximate surface area is 105 Å². The van der Waals surface area contributed by atoms with Crippen LogP contribution in [0.5, 0.6) is 0 Å². The Morgan fingerprint density at radius 1 is 1.47 bits per heavy atom. The maximum absolute atomic E-state index is 11.7. The maximum atomic E-state index is 11.7. The zero-order valence-corrected chi connectivity index (χ0v) is 11.2. The molecule has 17 heavy (non-hydrogen) atoms. The maximum Gasteiger partial charge on any atom is 0.264 e. The average Bonchev–Trinajstić information content (AvgIpc) is 2.67. The van der Waals surface area contributed by atoms with E-state index in [0.717, 1.165) is 6.20 Å². The molecule has 1 heterocycles. The highest BCUT2D eigenvalue weighted by Gasteiger charge is 2.15. The lowest BCUT2D eigenvalue weighted by molar-refractivity contribution is -0.131. The van der Waals surface area contributed by atoms with E-state index in [1.54, 1.807) is 4.90 Å². The number of carbonyl (C=O) groups is 1. The van der Waals surface area contributed by atoms with Crippen LogP contribution >= 0.6 is 10.7 Å². The number of amides is 1. The van der Waals surface area contributed by atoms with Crippen molar-refractivity contribution in [2.45, 2.75) is 25.3 Å². The van der Waals surface area contributed by atoms with E-state index in [1.807, 2.05) is 13.8 Å². The van der Waals surface area contributed by atoms with Crippen molar-refractivity contribution in [3.8, 4) is 0 Å². The average molecular weight is 280 g/mol. The molecule has 1 aromatic heterocycles. The standard InChI is InChI=1S/C9H14ClN3O3S/c1-3-12(4-2)9(14)7-13-6-8(5-11-13)17(10,15)16/h5-6H,3-4,7H2,1-2H3. The van der Waals surface area contributed by atoms with E-state index in [4.69, 9.17) is 10.7 Å². The lowest BCUT2D eigenvalue weighted by Gasteiger charge is -2.18. The van der Waals surface area contributed by atoms with E-state index in [2.05, 4.69) is 5.10 Å². The molecule has 0 radical (unpaired) electrons. The van der Waals surface area contributed by atoms with Gasteiger partial charge in [0.05, 0.1) is 6.20 Å². The largest absolute Gasteiger partial charge is 0.342 e. The van der Waals surface area contributed by atoms with Crippen molar-refractivity contribution < 1.29 is 13.2 Å². The number of likely N-dealkylation sites (N-methyl/N-ethyl adjacent to an activating group) is 1. The van der Waals surface area contributed by atoms with Crippen molar-refractivity contribution >= 4 is 25.6 Å². The summed E-state index contributed by atoms with van der Waals surface area (Å²) in [5, 5.41) is 3.78. The van der Waals surface area contributed by atoms with Crippen molar-refractivity contribution in [2.75, 3.05) is 13.1 Å². The molecule has 1 rings (SSSR count). The highest BCUT2D eigenvalue weighted by atomic mass is 35.7. The highest BCUT2D eigenvalue weighted by molar-refractivity contribution is 8.13. The number of nitrogens with zero attached hydrogens (tertiary/aromatic N) is 3. The first-order chi connectivity index (χ1) is 7.88. The van der Waals surface area contributed by atoms with Crippen LogP contribution in [0, 0.1) is 0 Å². The summed E-state index contributed by atoms with van der Waals surface area (Å²) in [5.41, 5.74) is 0. The molecule has 0 aliphatic heterocycles. The molecule has 1 aromatic rings. The van der Waals surface area contributed by atoms with Gasteiger partial charge in [0.2, 0.25) is 5.91 Å². The summed E-state index contributed by atoms with van der Waals surface area (Å²) in [6.07, 6.45) is 2.36. The fourth-order valence-electron chi connectivity index (χ4n) is 1.37. The number of aromatic nitrogens is 2. The molecule has 0 aromatic carbocycles. The van der Waals surface area contributed by atoms with E-state index >= 15 is 0 Å². The second-order valence-electron chi connectivity index (χ2n) is 3.38. The van der Waals surface area contributed by atoms with Crippen LogP contribution in [0.2, 0.25) is 0 Å². The van der Waals surface area contributed by atoms with Crippen LogP contribution in [0.3, 0.4) is 0 Å². The van der Waals surface area contributed by atoms with E-state index in [0.29, 0.717) is 13.1 Å². The first kappa shape index (κ1) is 14.0. The van der Waals surface area contributed by atoms with Crippen molar-refractivity contribution in [2.24, 2.45) is 0 Å². The third-order valence-corrected chi connectivity index (χ3v) is 3.61. The number of hydrogen-bond acceptors (Lipinski definition) is 4. The monoisotopic (exact) mass is 279 g/mol. The molecule has 6 nitrogen and oxygen atoms in total. The SMILES string of the molecule is CCN(CC)C(=O)Cn1cc(S(=O)(=O)Cl)cn1. The van der Waals surface area contributed by atoms with Gasteiger partial charge in [-0.15, -0.1) is 0 Å². The number of hydrogen-bond donors (Lipinski definition) is 0. The van der Waals surface area contributed by atoms with Gasteiger partial charge in [-0.25, -0.2) is 8.42 Å². The molecule has 0 saturated carbocycles. The highest BCUT2D eigenvalue weighted by Crippen LogP contribution is 2.12. The van der Waals surface area contributed by atoms with Crippen LogP contribution in [0.4, 0.5) is 0 Å². The molecule has 0 N–H and O–H groups in total. The lowest BCUT2D eigenvalue weighted by atomic mass is 10.4. The fraction of sp³-hybridized carbons (Fsp3) is 0.556. The predicted molar refractivity (Wildman–Crippen MR) is 63.2 cm³/mol. The van der Waals surface area contributed by atoms with Crippen molar-refractivity contribution in [3.63, 3.8) is 0 Å². The van der Waals surface area contributed by atoms with E-state index in [9.17, 15) is 13.2 Å². The Morgan fingerprint density at radius 3 is 2.47 bits per heavy atom. The van der Waals surface area contributed by atoms with Crippen LogP contribution in [-0.4, -0.2) is 42.1 Å². The lowest BCUT2D eigenvalue weighted by Crippen LogP contribution is -2.33. The molecule has 0 saturated heterocycles. The molecule has 0 fully saturated rings. The molecular formula is C9H14ClN3O3S. The molecule has 0 aliphatic rings. The van der Waals surface area contributed by atoms with Crippen LogP contribution in [0.1, 0.15) is 13.8 Å². The molecular weight excluding hydrogens is 266 g/mol. The molecule has 0 aliphatic carbocycles. The van der Waals surface area contributed by atoms with E-state index in [-0.39, 0.29) is 17.3 Å². The molecule has 96 valence electrons. The zero-order valence-electron chi connectivity index (χ0n) is 9.63. The molecule has 0 spiro atoms. The Kier molecular flexibility index (Phi) is 4.53. The summed E-state index contributed by atoms with van der Waals surface area (Å²) in [6.45, 7) is 4.97. The van der Waals surface area contributed by atoms with Gasteiger partial charge in [0.1, 0.15) is 11.4 Å². The third kappa shape index (κ3) is 3.71. The van der Waals surface area contributed by atoms with E-state index < -0.39 is 9.05 Å². The van der Waals surface area contributed by atoms with Gasteiger partial charge >= 0.3 is 0 Å². The van der Waals surface area contributed by atoms with Crippen molar-refractivity contribution in [1.29, 1.82) is 0 Å². The van der Waals surface area contributed by atoms with Crippen LogP contribution in [-0.2, 0) is 20.4 Å². The smallest absolute Gasteiger partial charge is 0.264 e. The number of rotatable bonds is 5. The normalized spacial score (nSPS) is 11.5. The van der Waals surface area contributed by atoms with Crippen LogP contribution in [0.15, 0.2) is 17.3 Å². The van der Waals surface area contributed by atoms with Gasteiger partial charge in [-0.1, -0.05) is 0 Å². The minimum Gasteiger partial charge on any atom is -0.342 e. The van der Waals surface area contributed by atoms with Gasteiger partial charge in [0.25, 0.3) is 9.05 Å². The summed E-state index contributed by atoms with van der Waals surface area (Å²) in [7, 11) is 1.36. The minimum atomic E-state index is -3.79. The summed E-state index contributed by atoms with van der Waals surface area (Å²) in [4.78, 5) is 13.2. The van der Waals surface area contributed by atoms with Crippen molar-refractivity contribution in [3.05, 3.63) is 12.4 Å². The molecule has 0 bridgehead atoms. The second kappa shape index (κ2) is 5.50. The Morgan fingerprint density at radius 2 is 2.06 bits per heavy atom. The molecule has 8 heteroatoms. The summed E-state index contributed by atoms with van der Waals surface area (Å²) in [5.74, 6) is -0.114. The van der Waals surface area contributed by atoms with Crippen molar-refractivity contribution in [1.82, 2.24) is 14.7 Å². The Bertz CT molecular complexity index is 493. The number of carbonyl (C=O) groups excluding carboxylic acids is 1. The summed E-state index contributed by atoms with van der Waals surface area (Å²) < 4.78 is 23.2. The van der Waals surface area contributed by atoms with Gasteiger partial charge < -0.3 is 4.90 Å². The topological polar surface area (TPSA) is 72.3 Å². The Hall–Kier alpha value is -1.08. The quantitative estimate of drug-likeness (QED) is 0.743.